The molecule has 0 atom stereocenters. The molecule has 0 spiro atoms. The second-order valence-corrected chi connectivity index (χ2v) is 5.47. The second kappa shape index (κ2) is 7.45. The molecule has 1 heterocycles. The Morgan fingerprint density at radius 1 is 1.22 bits per heavy atom. The lowest BCUT2D eigenvalue weighted by Gasteiger charge is -2.33. The lowest BCUT2D eigenvalue weighted by Crippen LogP contribution is -2.46. The van der Waals surface area contributed by atoms with Crippen LogP contribution in [0.1, 0.15) is 12.5 Å². The number of carbonyl (C=O) groups is 2. The number of rotatable bonds is 3. The van der Waals surface area contributed by atoms with Crippen LogP contribution in [0.15, 0.2) is 36.0 Å². The van der Waals surface area contributed by atoms with E-state index >= 15 is 0 Å². The van der Waals surface area contributed by atoms with Gasteiger partial charge in [0.25, 0.3) is 5.91 Å². The molecule has 0 aliphatic carbocycles. The Morgan fingerprint density at radius 3 is 2.43 bits per heavy atom. The van der Waals surface area contributed by atoms with Gasteiger partial charge in [-0.3, -0.25) is 9.59 Å². The first-order valence-corrected chi connectivity index (χ1v) is 7.49. The van der Waals surface area contributed by atoms with Gasteiger partial charge in [-0.05, 0) is 18.6 Å². The molecule has 23 heavy (non-hydrogen) atoms. The van der Waals surface area contributed by atoms with Crippen LogP contribution in [-0.4, -0.2) is 47.8 Å². The predicted molar refractivity (Wildman–Crippen MR) is 87.3 cm³/mol. The Bertz CT molecular complexity index is 667. The van der Waals surface area contributed by atoms with Crippen molar-refractivity contribution < 1.29 is 9.59 Å². The molecule has 0 radical (unpaired) electrons. The molecule has 0 saturated carbocycles. The fraction of sp³-hybridized carbons (Fsp3) is 0.353. The molecule has 0 unspecified atom stereocenters. The molecule has 6 nitrogen and oxygen atoms in total. The summed E-state index contributed by atoms with van der Waals surface area (Å²) >= 11 is 0. The highest BCUT2D eigenvalue weighted by Gasteiger charge is 2.18. The third-order valence-corrected chi connectivity index (χ3v) is 3.83. The summed E-state index contributed by atoms with van der Waals surface area (Å²) in [5.41, 5.74) is 1.69. The Morgan fingerprint density at radius 2 is 1.87 bits per heavy atom. The summed E-state index contributed by atoms with van der Waals surface area (Å²) in [7, 11) is 0. The van der Waals surface area contributed by atoms with Crippen LogP contribution in [0.5, 0.6) is 0 Å². The number of piperazine rings is 1. The van der Waals surface area contributed by atoms with E-state index in [-0.39, 0.29) is 11.5 Å². The molecular formula is C17H20N4O2. The summed E-state index contributed by atoms with van der Waals surface area (Å²) in [6.45, 7) is 5.87. The zero-order valence-electron chi connectivity index (χ0n) is 13.4. The molecule has 0 aromatic heterocycles. The molecule has 1 N–H and O–H groups in total. The normalized spacial score (nSPS) is 15.1. The van der Waals surface area contributed by atoms with Crippen molar-refractivity contribution in [1.29, 1.82) is 5.26 Å². The maximum absolute atomic E-state index is 12.2. The van der Waals surface area contributed by atoms with Gasteiger partial charge in [0.2, 0.25) is 5.91 Å². The Labute approximate surface area is 136 Å². The van der Waals surface area contributed by atoms with Gasteiger partial charge >= 0.3 is 0 Å². The van der Waals surface area contributed by atoms with Gasteiger partial charge in [0.05, 0.1) is 0 Å². The zero-order valence-corrected chi connectivity index (χ0v) is 13.4. The SMILES string of the molecule is CC(=O)N1CCN(/C=C(/C#N)C(=O)Nc2ccccc2C)CC1. The van der Waals surface area contributed by atoms with Crippen molar-refractivity contribution >= 4 is 17.5 Å². The van der Waals surface area contributed by atoms with Crippen molar-refractivity contribution in [1.82, 2.24) is 9.80 Å². The summed E-state index contributed by atoms with van der Waals surface area (Å²) in [6.07, 6.45) is 1.57. The first-order valence-electron chi connectivity index (χ1n) is 7.49. The van der Waals surface area contributed by atoms with Gasteiger partial charge in [-0.25, -0.2) is 0 Å². The minimum atomic E-state index is -0.421. The number of hydrogen-bond acceptors (Lipinski definition) is 4. The molecule has 0 bridgehead atoms. The van der Waals surface area contributed by atoms with Gasteiger partial charge in [0, 0.05) is 45.0 Å². The van der Waals surface area contributed by atoms with Crippen molar-refractivity contribution in [2.24, 2.45) is 0 Å². The van der Waals surface area contributed by atoms with Crippen LogP contribution >= 0.6 is 0 Å². The number of anilines is 1. The van der Waals surface area contributed by atoms with Crippen LogP contribution in [0, 0.1) is 18.3 Å². The molecule has 1 aliphatic heterocycles. The first-order chi connectivity index (χ1) is 11.0. The second-order valence-electron chi connectivity index (χ2n) is 5.47. The Hall–Kier alpha value is -2.81. The smallest absolute Gasteiger partial charge is 0.267 e. The van der Waals surface area contributed by atoms with E-state index < -0.39 is 5.91 Å². The molecular weight excluding hydrogens is 292 g/mol. The molecule has 1 saturated heterocycles. The number of carbonyl (C=O) groups excluding carboxylic acids is 2. The van der Waals surface area contributed by atoms with Gasteiger partial charge in [0.1, 0.15) is 11.6 Å². The van der Waals surface area contributed by atoms with E-state index in [2.05, 4.69) is 5.32 Å². The topological polar surface area (TPSA) is 76.4 Å². The van der Waals surface area contributed by atoms with E-state index in [9.17, 15) is 14.9 Å². The summed E-state index contributed by atoms with van der Waals surface area (Å²) in [4.78, 5) is 27.2. The Balaban J connectivity index is 2.02. The lowest BCUT2D eigenvalue weighted by atomic mass is 10.2. The van der Waals surface area contributed by atoms with E-state index in [1.807, 2.05) is 36.1 Å². The highest BCUT2D eigenvalue weighted by atomic mass is 16.2. The molecule has 1 aromatic rings. The van der Waals surface area contributed by atoms with Crippen LogP contribution in [0.2, 0.25) is 0 Å². The minimum absolute atomic E-state index is 0.0476. The molecule has 120 valence electrons. The number of benzene rings is 1. The van der Waals surface area contributed by atoms with Crippen molar-refractivity contribution in [2.75, 3.05) is 31.5 Å². The van der Waals surface area contributed by atoms with Gasteiger partial charge in [-0.15, -0.1) is 0 Å². The number of aryl methyl sites for hydroxylation is 1. The third kappa shape index (κ3) is 4.33. The molecule has 6 heteroatoms. The summed E-state index contributed by atoms with van der Waals surface area (Å²) in [5, 5.41) is 12.0. The van der Waals surface area contributed by atoms with Gasteiger partial charge in [0.15, 0.2) is 0 Å². The van der Waals surface area contributed by atoms with Crippen molar-refractivity contribution in [3.05, 3.63) is 41.6 Å². The van der Waals surface area contributed by atoms with Crippen molar-refractivity contribution in [2.45, 2.75) is 13.8 Å². The van der Waals surface area contributed by atoms with Crippen molar-refractivity contribution in [3.8, 4) is 6.07 Å². The summed E-state index contributed by atoms with van der Waals surface area (Å²) in [6, 6.07) is 9.37. The quantitative estimate of drug-likeness (QED) is 0.678. The Kier molecular flexibility index (Phi) is 5.36. The van der Waals surface area contributed by atoms with E-state index in [4.69, 9.17) is 0 Å². The molecule has 1 fully saturated rings. The number of amides is 2. The van der Waals surface area contributed by atoms with E-state index in [0.717, 1.165) is 5.56 Å². The number of nitriles is 1. The number of nitrogens with one attached hydrogen (secondary N) is 1. The standard InChI is InChI=1S/C17H20N4O2/c1-13-5-3-4-6-16(13)19-17(23)15(11-18)12-20-7-9-21(10-8-20)14(2)22/h3-6,12H,7-10H2,1-2H3,(H,19,23)/b15-12-. The number of hydrogen-bond donors (Lipinski definition) is 1. The van der Waals surface area contributed by atoms with Crippen LogP contribution in [0.25, 0.3) is 0 Å². The fourth-order valence-corrected chi connectivity index (χ4v) is 2.39. The maximum Gasteiger partial charge on any atom is 0.267 e. The molecule has 2 rings (SSSR count). The van der Waals surface area contributed by atoms with Gasteiger partial charge in [-0.2, -0.15) is 5.26 Å². The van der Waals surface area contributed by atoms with Crippen LogP contribution in [-0.2, 0) is 9.59 Å². The van der Waals surface area contributed by atoms with E-state index in [1.165, 1.54) is 0 Å². The minimum Gasteiger partial charge on any atom is -0.373 e. The number of nitrogens with zero attached hydrogens (tertiary/aromatic N) is 3. The van der Waals surface area contributed by atoms with Gasteiger partial charge < -0.3 is 15.1 Å². The van der Waals surface area contributed by atoms with E-state index in [1.54, 1.807) is 24.1 Å². The zero-order chi connectivity index (χ0) is 16.8. The summed E-state index contributed by atoms with van der Waals surface area (Å²) in [5.74, 6) is -0.373. The average Bonchev–Trinajstić information content (AvgIpc) is 2.55. The average molecular weight is 312 g/mol. The highest BCUT2D eigenvalue weighted by molar-refractivity contribution is 6.06. The molecule has 2 amide bonds. The first kappa shape index (κ1) is 16.6. The van der Waals surface area contributed by atoms with Crippen LogP contribution in [0.3, 0.4) is 0 Å². The highest BCUT2D eigenvalue weighted by Crippen LogP contribution is 2.14. The molecule has 1 aromatic carbocycles. The predicted octanol–water partition coefficient (Wildman–Crippen LogP) is 1.51. The maximum atomic E-state index is 12.2. The van der Waals surface area contributed by atoms with E-state index in [0.29, 0.717) is 31.9 Å². The lowest BCUT2D eigenvalue weighted by molar-refractivity contribution is -0.130. The number of para-hydroxylation sites is 1. The largest absolute Gasteiger partial charge is 0.373 e. The van der Waals surface area contributed by atoms with Crippen LogP contribution in [0.4, 0.5) is 5.69 Å². The summed E-state index contributed by atoms with van der Waals surface area (Å²) < 4.78 is 0. The van der Waals surface area contributed by atoms with Gasteiger partial charge in [-0.1, -0.05) is 18.2 Å². The van der Waals surface area contributed by atoms with Crippen molar-refractivity contribution in [3.63, 3.8) is 0 Å². The monoisotopic (exact) mass is 312 g/mol. The fourth-order valence-electron chi connectivity index (χ4n) is 2.39. The molecule has 1 aliphatic rings. The van der Waals surface area contributed by atoms with Crippen LogP contribution < -0.4 is 5.32 Å². The third-order valence-electron chi connectivity index (χ3n) is 3.83.